The number of methoxy groups -OCH3 is 2. The summed E-state index contributed by atoms with van der Waals surface area (Å²) < 4.78 is 21.3. The molecule has 0 radical (unpaired) electrons. The van der Waals surface area contributed by atoms with Crippen LogP contribution in [0.5, 0.6) is 11.5 Å². The smallest absolute Gasteiger partial charge is 0.338 e. The summed E-state index contributed by atoms with van der Waals surface area (Å²) in [6.07, 6.45) is 1.81. The zero-order valence-corrected chi connectivity index (χ0v) is 28.5. The Hall–Kier alpha value is -4.94. The second kappa shape index (κ2) is 13.0. The van der Waals surface area contributed by atoms with Gasteiger partial charge in [0.2, 0.25) is 5.91 Å². The SMILES string of the molecule is CCOC(=O)C1=C(c2ccccc2)N=c2s/c(=C\c3c(C)n(CC(N)=O)c4ccccc34)c(=O)n2C1c1cc(Br)c(OC)cc1OC. The number of halogens is 1. The minimum atomic E-state index is -0.961. The van der Waals surface area contributed by atoms with Crippen molar-refractivity contribution in [3.05, 3.63) is 119 Å². The number of para-hydroxylation sites is 1. The molecule has 10 nitrogen and oxygen atoms in total. The second-order valence-electron chi connectivity index (χ2n) is 10.7. The maximum atomic E-state index is 14.6. The van der Waals surface area contributed by atoms with E-state index in [-0.39, 0.29) is 24.3 Å². The molecule has 5 aromatic rings. The van der Waals surface area contributed by atoms with E-state index < -0.39 is 17.9 Å². The minimum absolute atomic E-state index is 0.00306. The summed E-state index contributed by atoms with van der Waals surface area (Å²) in [5.41, 5.74) is 9.43. The molecular weight excluding hydrogens is 684 g/mol. The van der Waals surface area contributed by atoms with Gasteiger partial charge in [0.05, 0.1) is 41.1 Å². The Morgan fingerprint density at radius 2 is 1.74 bits per heavy atom. The van der Waals surface area contributed by atoms with E-state index in [1.54, 1.807) is 26.2 Å². The number of benzene rings is 3. The lowest BCUT2D eigenvalue weighted by molar-refractivity contribution is -0.138. The number of esters is 1. The van der Waals surface area contributed by atoms with E-state index in [0.717, 1.165) is 22.2 Å². The lowest BCUT2D eigenvalue weighted by atomic mass is 9.92. The molecule has 1 atom stereocenters. The summed E-state index contributed by atoms with van der Waals surface area (Å²) in [5, 5.41) is 0.867. The van der Waals surface area contributed by atoms with Gasteiger partial charge in [-0.2, -0.15) is 0 Å². The Labute approximate surface area is 282 Å². The fourth-order valence-corrected chi connectivity index (χ4v) is 7.47. The van der Waals surface area contributed by atoms with Gasteiger partial charge in [0.15, 0.2) is 4.80 Å². The largest absolute Gasteiger partial charge is 0.496 e. The number of carbonyl (C=O) groups excluding carboxylic acids is 2. The molecule has 0 aliphatic carbocycles. The van der Waals surface area contributed by atoms with Crippen LogP contribution in [0.3, 0.4) is 0 Å². The highest BCUT2D eigenvalue weighted by Gasteiger charge is 2.37. The van der Waals surface area contributed by atoms with Gasteiger partial charge in [-0.25, -0.2) is 9.79 Å². The van der Waals surface area contributed by atoms with Crippen molar-refractivity contribution in [2.75, 3.05) is 20.8 Å². The number of nitrogens with two attached hydrogens (primary N) is 1. The van der Waals surface area contributed by atoms with Crippen LogP contribution >= 0.6 is 27.3 Å². The number of aromatic nitrogens is 2. The molecule has 1 aliphatic heterocycles. The van der Waals surface area contributed by atoms with Gasteiger partial charge in [0.1, 0.15) is 24.1 Å². The van der Waals surface area contributed by atoms with Crippen molar-refractivity contribution in [2.45, 2.75) is 26.4 Å². The Bertz CT molecular complexity index is 2270. The van der Waals surface area contributed by atoms with Crippen molar-refractivity contribution >= 4 is 61.8 Å². The van der Waals surface area contributed by atoms with E-state index in [2.05, 4.69) is 15.9 Å². The maximum absolute atomic E-state index is 14.6. The number of thiazole rings is 1. The van der Waals surface area contributed by atoms with Gasteiger partial charge in [-0.1, -0.05) is 59.9 Å². The Kier molecular flexibility index (Phi) is 8.89. The number of amides is 1. The molecule has 2 N–H and O–H groups in total. The molecule has 0 saturated heterocycles. The van der Waals surface area contributed by atoms with Crippen LogP contribution in [0.15, 0.2) is 86.6 Å². The zero-order valence-electron chi connectivity index (χ0n) is 26.1. The number of fused-ring (bicyclic) bond motifs is 2. The van der Waals surface area contributed by atoms with E-state index in [0.29, 0.717) is 42.1 Å². The number of carbonyl (C=O) groups is 2. The van der Waals surface area contributed by atoms with Crippen LogP contribution in [0.25, 0.3) is 22.7 Å². The van der Waals surface area contributed by atoms with Crippen molar-refractivity contribution in [3.8, 4) is 11.5 Å². The van der Waals surface area contributed by atoms with Crippen LogP contribution in [-0.4, -0.2) is 41.8 Å². The quantitative estimate of drug-likeness (QED) is 0.225. The molecular formula is C35H31BrN4O6S. The Balaban J connectivity index is 1.70. The summed E-state index contributed by atoms with van der Waals surface area (Å²) >= 11 is 4.79. The highest BCUT2D eigenvalue weighted by molar-refractivity contribution is 9.10. The number of hydrogen-bond donors (Lipinski definition) is 1. The highest BCUT2D eigenvalue weighted by Crippen LogP contribution is 2.42. The van der Waals surface area contributed by atoms with Crippen molar-refractivity contribution < 1.29 is 23.8 Å². The van der Waals surface area contributed by atoms with Gasteiger partial charge in [-0.05, 0) is 48.0 Å². The van der Waals surface area contributed by atoms with Gasteiger partial charge in [0.25, 0.3) is 5.56 Å². The van der Waals surface area contributed by atoms with Crippen LogP contribution < -0.4 is 30.1 Å². The van der Waals surface area contributed by atoms with E-state index in [9.17, 15) is 14.4 Å². The first kappa shape index (κ1) is 32.0. The third kappa shape index (κ3) is 5.68. The molecule has 12 heteroatoms. The molecule has 2 aromatic heterocycles. The summed E-state index contributed by atoms with van der Waals surface area (Å²) in [6.45, 7) is 3.74. The first-order valence-corrected chi connectivity index (χ1v) is 16.3. The summed E-state index contributed by atoms with van der Waals surface area (Å²) in [5.74, 6) is -0.148. The number of hydrogen-bond acceptors (Lipinski definition) is 8. The molecule has 1 unspecified atom stereocenters. The average molecular weight is 716 g/mol. The van der Waals surface area contributed by atoms with Gasteiger partial charge in [0, 0.05) is 39.4 Å². The molecule has 1 aliphatic rings. The Morgan fingerprint density at radius 1 is 1.04 bits per heavy atom. The number of primary amides is 1. The minimum Gasteiger partial charge on any atom is -0.496 e. The van der Waals surface area contributed by atoms with Crippen LogP contribution in [0.4, 0.5) is 0 Å². The fraction of sp³-hybridized carbons (Fsp3) is 0.200. The first-order valence-electron chi connectivity index (χ1n) is 14.7. The number of rotatable bonds is 9. The normalized spacial score (nSPS) is 14.6. The van der Waals surface area contributed by atoms with Gasteiger partial charge in [-0.3, -0.25) is 14.2 Å². The second-order valence-corrected chi connectivity index (χ2v) is 12.6. The fourth-order valence-electron chi connectivity index (χ4n) is 5.96. The highest BCUT2D eigenvalue weighted by atomic mass is 79.9. The number of nitrogens with zero attached hydrogens (tertiary/aromatic N) is 3. The van der Waals surface area contributed by atoms with Crippen LogP contribution in [-0.2, 0) is 20.9 Å². The standard InChI is InChI=1S/C35H31BrN4O6S/c1-5-46-34(43)30-31(20-11-7-6-8-12-20)38-35-40(32(30)23-15-24(36)27(45-4)17-26(23)44-3)33(42)28(47-35)16-22-19(2)39(18-29(37)41)25-14-10-9-13-21(22)25/h6-17,32H,5,18H2,1-4H3,(H2,37,41)/b28-16-. The summed E-state index contributed by atoms with van der Waals surface area (Å²) in [6, 6.07) is 19.5. The topological polar surface area (TPSA) is 127 Å². The lowest BCUT2D eigenvalue weighted by Crippen LogP contribution is -2.40. The van der Waals surface area contributed by atoms with Crippen molar-refractivity contribution in [1.29, 1.82) is 0 Å². The molecule has 0 saturated carbocycles. The molecule has 0 fully saturated rings. The third-order valence-electron chi connectivity index (χ3n) is 8.04. The monoisotopic (exact) mass is 714 g/mol. The Morgan fingerprint density at radius 3 is 2.43 bits per heavy atom. The van der Waals surface area contributed by atoms with Gasteiger partial charge >= 0.3 is 5.97 Å². The van der Waals surface area contributed by atoms with E-state index in [1.807, 2.05) is 72.2 Å². The molecule has 3 aromatic carbocycles. The van der Waals surface area contributed by atoms with Crippen molar-refractivity contribution in [2.24, 2.45) is 10.7 Å². The van der Waals surface area contributed by atoms with Crippen LogP contribution in [0.2, 0.25) is 0 Å². The molecule has 6 rings (SSSR count). The van der Waals surface area contributed by atoms with Crippen molar-refractivity contribution in [1.82, 2.24) is 9.13 Å². The lowest BCUT2D eigenvalue weighted by Gasteiger charge is -2.27. The molecule has 47 heavy (non-hydrogen) atoms. The van der Waals surface area contributed by atoms with Gasteiger partial charge < -0.3 is 24.5 Å². The summed E-state index contributed by atoms with van der Waals surface area (Å²) in [7, 11) is 3.06. The summed E-state index contributed by atoms with van der Waals surface area (Å²) in [4.78, 5) is 45.7. The number of ether oxygens (including phenoxy) is 3. The average Bonchev–Trinajstić information content (AvgIpc) is 3.52. The predicted molar refractivity (Wildman–Crippen MR) is 184 cm³/mol. The van der Waals surface area contributed by atoms with Crippen LogP contribution in [0, 0.1) is 6.92 Å². The first-order chi connectivity index (χ1) is 22.7. The molecule has 240 valence electrons. The maximum Gasteiger partial charge on any atom is 0.338 e. The predicted octanol–water partition coefficient (Wildman–Crippen LogP) is 4.46. The zero-order chi connectivity index (χ0) is 33.4. The van der Waals surface area contributed by atoms with Crippen LogP contribution in [0.1, 0.15) is 35.3 Å². The van der Waals surface area contributed by atoms with E-state index in [4.69, 9.17) is 24.9 Å². The van der Waals surface area contributed by atoms with E-state index >= 15 is 0 Å². The van der Waals surface area contributed by atoms with E-state index in [1.165, 1.54) is 23.0 Å². The van der Waals surface area contributed by atoms with Crippen molar-refractivity contribution in [3.63, 3.8) is 0 Å². The van der Waals surface area contributed by atoms with Gasteiger partial charge in [-0.15, -0.1) is 0 Å². The third-order valence-corrected chi connectivity index (χ3v) is 9.64. The molecule has 1 amide bonds. The molecule has 3 heterocycles. The molecule has 0 bridgehead atoms. The molecule has 0 spiro atoms.